The van der Waals surface area contributed by atoms with Gasteiger partial charge in [-0.05, 0) is 48.9 Å². The fourth-order valence-electron chi connectivity index (χ4n) is 3.21. The Balaban J connectivity index is 1.52. The second kappa shape index (κ2) is 6.75. The molecule has 1 atom stereocenters. The van der Waals surface area contributed by atoms with Crippen LogP contribution in [0.1, 0.15) is 6.42 Å². The van der Waals surface area contributed by atoms with Gasteiger partial charge in [-0.15, -0.1) is 0 Å². The number of H-pyrrole nitrogens is 1. The van der Waals surface area contributed by atoms with Crippen molar-refractivity contribution in [1.82, 2.24) is 4.98 Å². The fourth-order valence-corrected chi connectivity index (χ4v) is 4.29. The standard InChI is InChI=1S/C18H19N3O5S/c1-25-14-8-9-21(11-14)13-4-2-12(3-5-13)20-27(23,24)15-6-7-17-16(10-15)19-18(22)26-17/h2-7,10,14,20H,8-9,11H2,1H3,(H,19,22). The van der Waals surface area contributed by atoms with Crippen LogP contribution in [-0.2, 0) is 14.8 Å². The number of hydrogen-bond acceptors (Lipinski definition) is 6. The van der Waals surface area contributed by atoms with Gasteiger partial charge in [-0.25, -0.2) is 13.2 Å². The van der Waals surface area contributed by atoms with E-state index in [2.05, 4.69) is 14.6 Å². The predicted octanol–water partition coefficient (Wildman–Crippen LogP) is 2.15. The smallest absolute Gasteiger partial charge is 0.408 e. The highest BCUT2D eigenvalue weighted by Crippen LogP contribution is 2.25. The molecule has 2 aromatic carbocycles. The van der Waals surface area contributed by atoms with Crippen LogP contribution in [0.5, 0.6) is 0 Å². The van der Waals surface area contributed by atoms with Gasteiger partial charge in [0.15, 0.2) is 5.58 Å². The third kappa shape index (κ3) is 3.56. The van der Waals surface area contributed by atoms with Crippen LogP contribution in [0.2, 0.25) is 0 Å². The number of nitrogens with zero attached hydrogens (tertiary/aromatic N) is 1. The molecule has 1 unspecified atom stereocenters. The van der Waals surface area contributed by atoms with Crippen LogP contribution >= 0.6 is 0 Å². The largest absolute Gasteiger partial charge is 0.417 e. The Kier molecular flexibility index (Phi) is 4.40. The molecule has 142 valence electrons. The molecular formula is C18H19N3O5S. The van der Waals surface area contributed by atoms with Crippen LogP contribution in [0.3, 0.4) is 0 Å². The van der Waals surface area contributed by atoms with Gasteiger partial charge in [0.25, 0.3) is 10.0 Å². The summed E-state index contributed by atoms with van der Waals surface area (Å²) in [5.41, 5.74) is 2.13. The molecule has 27 heavy (non-hydrogen) atoms. The van der Waals surface area contributed by atoms with Crippen LogP contribution in [0.25, 0.3) is 11.1 Å². The SMILES string of the molecule is COC1CCN(c2ccc(NS(=O)(=O)c3ccc4oc(=O)[nH]c4c3)cc2)C1. The molecule has 0 saturated carbocycles. The quantitative estimate of drug-likeness (QED) is 0.693. The fraction of sp³-hybridized carbons (Fsp3) is 0.278. The number of ether oxygens (including phenoxy) is 1. The van der Waals surface area contributed by atoms with Gasteiger partial charge in [-0.2, -0.15) is 0 Å². The summed E-state index contributed by atoms with van der Waals surface area (Å²) in [5.74, 6) is -0.624. The first-order valence-corrected chi connectivity index (χ1v) is 9.96. The zero-order valence-electron chi connectivity index (χ0n) is 14.6. The average Bonchev–Trinajstić information content (AvgIpc) is 3.26. The van der Waals surface area contributed by atoms with Gasteiger partial charge in [-0.3, -0.25) is 9.71 Å². The Labute approximate surface area is 155 Å². The third-order valence-electron chi connectivity index (χ3n) is 4.66. The number of oxazole rings is 1. The van der Waals surface area contributed by atoms with E-state index in [9.17, 15) is 13.2 Å². The molecule has 1 aliphatic heterocycles. The number of benzene rings is 2. The second-order valence-electron chi connectivity index (χ2n) is 6.42. The zero-order chi connectivity index (χ0) is 19.0. The molecule has 9 heteroatoms. The summed E-state index contributed by atoms with van der Waals surface area (Å²) in [6, 6.07) is 11.4. The van der Waals surface area contributed by atoms with E-state index in [0.717, 1.165) is 25.2 Å². The number of methoxy groups -OCH3 is 1. The minimum absolute atomic E-state index is 0.0404. The highest BCUT2D eigenvalue weighted by Gasteiger charge is 2.22. The minimum Gasteiger partial charge on any atom is -0.408 e. The highest BCUT2D eigenvalue weighted by atomic mass is 32.2. The number of aromatic nitrogens is 1. The molecule has 0 spiro atoms. The highest BCUT2D eigenvalue weighted by molar-refractivity contribution is 7.92. The first kappa shape index (κ1) is 17.6. The lowest BCUT2D eigenvalue weighted by molar-refractivity contribution is 0.121. The molecule has 0 radical (unpaired) electrons. The van der Waals surface area contributed by atoms with E-state index in [1.165, 1.54) is 18.2 Å². The molecule has 1 aromatic heterocycles. The molecule has 3 aromatic rings. The van der Waals surface area contributed by atoms with E-state index in [1.807, 2.05) is 12.1 Å². The summed E-state index contributed by atoms with van der Waals surface area (Å²) in [7, 11) is -2.08. The van der Waals surface area contributed by atoms with Crippen LogP contribution in [0.4, 0.5) is 11.4 Å². The van der Waals surface area contributed by atoms with E-state index >= 15 is 0 Å². The predicted molar refractivity (Wildman–Crippen MR) is 102 cm³/mol. The van der Waals surface area contributed by atoms with Crippen molar-refractivity contribution in [2.75, 3.05) is 29.8 Å². The van der Waals surface area contributed by atoms with Gasteiger partial charge in [-0.1, -0.05) is 0 Å². The van der Waals surface area contributed by atoms with Crippen molar-refractivity contribution in [2.24, 2.45) is 0 Å². The van der Waals surface area contributed by atoms with E-state index < -0.39 is 15.8 Å². The Hall–Kier alpha value is -2.78. The Morgan fingerprint density at radius 3 is 2.70 bits per heavy atom. The number of hydrogen-bond donors (Lipinski definition) is 2. The maximum Gasteiger partial charge on any atom is 0.417 e. The molecule has 1 aliphatic rings. The molecule has 2 heterocycles. The Bertz CT molecular complexity index is 1120. The first-order chi connectivity index (χ1) is 12.9. The number of aromatic amines is 1. The summed E-state index contributed by atoms with van der Waals surface area (Å²) in [5, 5.41) is 0. The monoisotopic (exact) mass is 389 g/mol. The first-order valence-electron chi connectivity index (χ1n) is 8.48. The molecular weight excluding hydrogens is 370 g/mol. The van der Waals surface area contributed by atoms with Crippen molar-refractivity contribution in [3.8, 4) is 0 Å². The molecule has 1 saturated heterocycles. The maximum absolute atomic E-state index is 12.6. The zero-order valence-corrected chi connectivity index (χ0v) is 15.5. The maximum atomic E-state index is 12.6. The Morgan fingerprint density at radius 2 is 2.00 bits per heavy atom. The molecule has 0 amide bonds. The second-order valence-corrected chi connectivity index (χ2v) is 8.10. The van der Waals surface area contributed by atoms with Crippen LogP contribution < -0.4 is 15.4 Å². The van der Waals surface area contributed by atoms with Gasteiger partial charge < -0.3 is 14.1 Å². The van der Waals surface area contributed by atoms with Crippen molar-refractivity contribution in [3.63, 3.8) is 0 Å². The average molecular weight is 389 g/mol. The van der Waals surface area contributed by atoms with Gasteiger partial charge in [0, 0.05) is 31.6 Å². The topological polar surface area (TPSA) is 105 Å². The number of sulfonamides is 1. The lowest BCUT2D eigenvalue weighted by atomic mass is 10.2. The van der Waals surface area contributed by atoms with E-state index in [1.54, 1.807) is 19.2 Å². The summed E-state index contributed by atoms with van der Waals surface area (Å²) in [6.45, 7) is 1.73. The number of nitrogens with one attached hydrogen (secondary N) is 2. The molecule has 0 bridgehead atoms. The van der Waals surface area contributed by atoms with Gasteiger partial charge in [0.1, 0.15) is 0 Å². The van der Waals surface area contributed by atoms with E-state index in [-0.39, 0.29) is 11.0 Å². The van der Waals surface area contributed by atoms with E-state index in [0.29, 0.717) is 16.8 Å². The van der Waals surface area contributed by atoms with Crippen molar-refractivity contribution in [2.45, 2.75) is 17.4 Å². The van der Waals surface area contributed by atoms with Gasteiger partial charge in [0.2, 0.25) is 0 Å². The number of anilines is 2. The molecule has 0 aliphatic carbocycles. The summed E-state index contributed by atoms with van der Waals surface area (Å²) < 4.78 is 38.0. The van der Waals surface area contributed by atoms with Crippen molar-refractivity contribution in [3.05, 3.63) is 53.0 Å². The number of rotatable bonds is 5. The lowest BCUT2D eigenvalue weighted by Gasteiger charge is -2.18. The molecule has 2 N–H and O–H groups in total. The normalized spacial score (nSPS) is 17.5. The lowest BCUT2D eigenvalue weighted by Crippen LogP contribution is -2.22. The third-order valence-corrected chi connectivity index (χ3v) is 6.04. The molecule has 8 nitrogen and oxygen atoms in total. The van der Waals surface area contributed by atoms with Crippen LogP contribution in [-0.4, -0.2) is 39.7 Å². The van der Waals surface area contributed by atoms with Crippen molar-refractivity contribution in [1.29, 1.82) is 0 Å². The van der Waals surface area contributed by atoms with Gasteiger partial charge >= 0.3 is 5.76 Å². The van der Waals surface area contributed by atoms with Crippen LogP contribution in [0, 0.1) is 0 Å². The van der Waals surface area contributed by atoms with Crippen LogP contribution in [0.15, 0.2) is 56.6 Å². The van der Waals surface area contributed by atoms with E-state index in [4.69, 9.17) is 9.15 Å². The summed E-state index contributed by atoms with van der Waals surface area (Å²) in [6.07, 6.45) is 1.20. The molecule has 4 rings (SSSR count). The van der Waals surface area contributed by atoms with Crippen molar-refractivity contribution >= 4 is 32.5 Å². The minimum atomic E-state index is -3.79. The summed E-state index contributed by atoms with van der Waals surface area (Å²) in [4.78, 5) is 15.9. The number of fused-ring (bicyclic) bond motifs is 1. The molecule has 1 fully saturated rings. The Morgan fingerprint density at radius 1 is 1.22 bits per heavy atom. The van der Waals surface area contributed by atoms with Crippen molar-refractivity contribution < 1.29 is 17.6 Å². The summed E-state index contributed by atoms with van der Waals surface area (Å²) >= 11 is 0. The van der Waals surface area contributed by atoms with Gasteiger partial charge in [0.05, 0.1) is 16.5 Å².